The minimum Gasteiger partial charge on any atom is -0.477 e. The molecule has 3 nitrogen and oxygen atoms in total. The minimum absolute atomic E-state index is 0.192. The van der Waals surface area contributed by atoms with Crippen molar-refractivity contribution in [2.24, 2.45) is 0 Å². The molecule has 0 aliphatic heterocycles. The van der Waals surface area contributed by atoms with Gasteiger partial charge in [-0.2, -0.15) is 0 Å². The van der Waals surface area contributed by atoms with E-state index in [1.165, 1.54) is 11.3 Å². The molecule has 0 saturated carbocycles. The molecule has 5 heteroatoms. The Morgan fingerprint density at radius 1 is 1.44 bits per heavy atom. The van der Waals surface area contributed by atoms with Crippen LogP contribution < -0.4 is 0 Å². The van der Waals surface area contributed by atoms with E-state index in [0.29, 0.717) is 17.9 Å². The van der Waals surface area contributed by atoms with Crippen LogP contribution in [-0.2, 0) is 10.8 Å². The Kier molecular flexibility index (Phi) is 4.75. The van der Waals surface area contributed by atoms with Gasteiger partial charge >= 0.3 is 5.97 Å². The van der Waals surface area contributed by atoms with E-state index in [1.807, 2.05) is 11.4 Å². The highest BCUT2D eigenvalue weighted by molar-refractivity contribution is 7.12. The molecule has 0 fully saturated rings. The fourth-order valence-corrected chi connectivity index (χ4v) is 3.19. The molecule has 0 bridgehead atoms. The van der Waals surface area contributed by atoms with Crippen LogP contribution in [-0.4, -0.2) is 26.0 Å². The van der Waals surface area contributed by atoms with Crippen LogP contribution in [0.4, 0.5) is 0 Å². The summed E-state index contributed by atoms with van der Waals surface area (Å²) in [6.07, 6.45) is 0.678. The Hall–Kier alpha value is -0.653. The van der Waals surface area contributed by atoms with Gasteiger partial charge in [-0.15, -0.1) is 11.3 Å². The summed E-state index contributed by atoms with van der Waals surface area (Å²) in [4.78, 5) is 11.4. The van der Waals surface area contributed by atoms with Gasteiger partial charge in [0.2, 0.25) is 0 Å². The maximum atomic E-state index is 11.0. The molecule has 0 aromatic carbocycles. The van der Waals surface area contributed by atoms with Crippen molar-refractivity contribution in [1.29, 1.82) is 0 Å². The predicted molar refractivity (Wildman–Crippen MR) is 78.1 cm³/mol. The summed E-state index contributed by atoms with van der Waals surface area (Å²) in [6.45, 7) is 11.6. The molecule has 18 heavy (non-hydrogen) atoms. The Labute approximate surface area is 114 Å². The van der Waals surface area contributed by atoms with E-state index < -0.39 is 14.3 Å². The third kappa shape index (κ3) is 3.67. The lowest BCUT2D eigenvalue weighted by molar-refractivity contribution is 0.0701. The normalized spacial score (nSPS) is 12.7. The van der Waals surface area contributed by atoms with Gasteiger partial charge in [-0.05, 0) is 41.6 Å². The highest BCUT2D eigenvalue weighted by Crippen LogP contribution is 2.36. The third-order valence-corrected chi connectivity index (χ3v) is 9.06. The second-order valence-electron chi connectivity index (χ2n) is 5.94. The average Bonchev–Trinajstić information content (AvgIpc) is 2.63. The van der Waals surface area contributed by atoms with Gasteiger partial charge < -0.3 is 9.53 Å². The number of hydrogen-bond donors (Lipinski definition) is 1. The molecule has 0 radical (unpaired) electrons. The summed E-state index contributed by atoms with van der Waals surface area (Å²) in [5.41, 5.74) is 0.881. The monoisotopic (exact) mass is 286 g/mol. The molecule has 102 valence electrons. The molecule has 0 amide bonds. The zero-order chi connectivity index (χ0) is 14.0. The fraction of sp³-hybridized carbons (Fsp3) is 0.615. The molecular formula is C13H22O3SSi. The van der Waals surface area contributed by atoms with Crippen molar-refractivity contribution in [3.63, 3.8) is 0 Å². The number of carboxylic acid groups (broad SMARTS) is 1. The summed E-state index contributed by atoms with van der Waals surface area (Å²) in [5, 5.41) is 11.0. The van der Waals surface area contributed by atoms with Crippen LogP contribution in [0.1, 0.15) is 36.0 Å². The van der Waals surface area contributed by atoms with Crippen molar-refractivity contribution in [3.8, 4) is 0 Å². The fourth-order valence-electron chi connectivity index (χ4n) is 1.35. The first-order chi connectivity index (χ1) is 8.15. The van der Waals surface area contributed by atoms with Crippen LogP contribution in [0.25, 0.3) is 0 Å². The van der Waals surface area contributed by atoms with Gasteiger partial charge in [0.25, 0.3) is 0 Å². The van der Waals surface area contributed by atoms with Crippen molar-refractivity contribution in [3.05, 3.63) is 21.9 Å². The molecule has 0 unspecified atom stereocenters. The molecule has 1 aromatic heterocycles. The summed E-state index contributed by atoms with van der Waals surface area (Å²) in [5.74, 6) is -0.840. The number of hydrogen-bond acceptors (Lipinski definition) is 3. The van der Waals surface area contributed by atoms with Crippen LogP contribution >= 0.6 is 11.3 Å². The van der Waals surface area contributed by atoms with E-state index in [1.54, 1.807) is 0 Å². The number of carboxylic acids is 1. The van der Waals surface area contributed by atoms with Crippen molar-refractivity contribution in [2.45, 2.75) is 45.3 Å². The van der Waals surface area contributed by atoms with Crippen molar-refractivity contribution >= 4 is 25.6 Å². The van der Waals surface area contributed by atoms with E-state index in [9.17, 15) is 4.79 Å². The molecule has 1 N–H and O–H groups in total. The summed E-state index contributed by atoms with van der Waals surface area (Å²) in [7, 11) is -1.73. The molecule has 1 rings (SSSR count). The molecule has 0 atom stereocenters. The Morgan fingerprint density at radius 2 is 2.06 bits per heavy atom. The first-order valence-corrected chi connectivity index (χ1v) is 9.87. The maximum absolute atomic E-state index is 11.0. The van der Waals surface area contributed by atoms with Gasteiger partial charge in [0, 0.05) is 6.61 Å². The van der Waals surface area contributed by atoms with Gasteiger partial charge in [-0.3, -0.25) is 0 Å². The van der Waals surface area contributed by atoms with E-state index in [0.717, 1.165) is 5.56 Å². The number of thiophene rings is 1. The van der Waals surface area contributed by atoms with E-state index in [2.05, 4.69) is 33.9 Å². The lowest BCUT2D eigenvalue weighted by Gasteiger charge is -2.36. The maximum Gasteiger partial charge on any atom is 0.346 e. The third-order valence-electron chi connectivity index (χ3n) is 3.58. The molecule has 0 aliphatic rings. The minimum atomic E-state index is -1.73. The standard InChI is InChI=1S/C13H22O3SSi/c1-13(2,3)18(4,5)16-8-6-10-7-9-17-11(10)12(14)15/h7,9H,6,8H2,1-5H3,(H,14,15). The van der Waals surface area contributed by atoms with E-state index in [-0.39, 0.29) is 5.04 Å². The SMILES string of the molecule is CC(C)(C)[Si](C)(C)OCCc1ccsc1C(=O)O. The first-order valence-electron chi connectivity index (χ1n) is 6.09. The van der Waals surface area contributed by atoms with Gasteiger partial charge in [0.15, 0.2) is 8.32 Å². The quantitative estimate of drug-likeness (QED) is 0.832. The van der Waals surface area contributed by atoms with Crippen LogP contribution in [0, 0.1) is 0 Å². The van der Waals surface area contributed by atoms with Gasteiger partial charge in [-0.25, -0.2) is 4.79 Å². The largest absolute Gasteiger partial charge is 0.477 e. The van der Waals surface area contributed by atoms with Crippen molar-refractivity contribution in [1.82, 2.24) is 0 Å². The lowest BCUT2D eigenvalue weighted by atomic mass is 10.2. The Bertz CT molecular complexity index is 418. The van der Waals surface area contributed by atoms with Crippen molar-refractivity contribution in [2.75, 3.05) is 6.61 Å². The topological polar surface area (TPSA) is 46.5 Å². The average molecular weight is 286 g/mol. The molecular weight excluding hydrogens is 264 g/mol. The van der Waals surface area contributed by atoms with Crippen LogP contribution in [0.5, 0.6) is 0 Å². The van der Waals surface area contributed by atoms with Crippen molar-refractivity contribution < 1.29 is 14.3 Å². The van der Waals surface area contributed by atoms with E-state index in [4.69, 9.17) is 9.53 Å². The predicted octanol–water partition coefficient (Wildman–Crippen LogP) is 4.01. The van der Waals surface area contributed by atoms with Crippen LogP contribution in [0.2, 0.25) is 18.1 Å². The summed E-state index contributed by atoms with van der Waals surface area (Å²) in [6, 6.07) is 1.88. The zero-order valence-corrected chi connectivity index (χ0v) is 13.6. The Balaban J connectivity index is 2.57. The highest BCUT2D eigenvalue weighted by atomic mass is 32.1. The molecule has 0 spiro atoms. The first kappa shape index (κ1) is 15.4. The molecule has 1 heterocycles. The van der Waals surface area contributed by atoms with Gasteiger partial charge in [-0.1, -0.05) is 20.8 Å². The molecule has 0 aliphatic carbocycles. The number of aromatic carboxylic acids is 1. The highest BCUT2D eigenvalue weighted by Gasteiger charge is 2.36. The molecule has 1 aromatic rings. The van der Waals surface area contributed by atoms with E-state index >= 15 is 0 Å². The Morgan fingerprint density at radius 3 is 2.56 bits per heavy atom. The van der Waals surface area contributed by atoms with Gasteiger partial charge in [0.1, 0.15) is 4.88 Å². The summed E-state index contributed by atoms with van der Waals surface area (Å²) >= 11 is 1.28. The van der Waals surface area contributed by atoms with Gasteiger partial charge in [0.05, 0.1) is 0 Å². The smallest absolute Gasteiger partial charge is 0.346 e. The second-order valence-corrected chi connectivity index (χ2v) is 11.7. The lowest BCUT2D eigenvalue weighted by Crippen LogP contribution is -2.41. The second kappa shape index (κ2) is 5.55. The summed E-state index contributed by atoms with van der Waals surface area (Å²) < 4.78 is 6.05. The molecule has 0 saturated heterocycles. The zero-order valence-electron chi connectivity index (χ0n) is 11.7. The number of carbonyl (C=O) groups is 1. The number of rotatable bonds is 5. The van der Waals surface area contributed by atoms with Crippen LogP contribution in [0.3, 0.4) is 0 Å². The van der Waals surface area contributed by atoms with Crippen LogP contribution in [0.15, 0.2) is 11.4 Å².